The molecule has 1 aromatic heterocycles. The fourth-order valence-electron chi connectivity index (χ4n) is 3.72. The van der Waals surface area contributed by atoms with Gasteiger partial charge in [-0.25, -0.2) is 4.98 Å². The molecular formula is C23H25N3O4. The Hall–Kier alpha value is -3.16. The topological polar surface area (TPSA) is 83.9 Å². The number of hydrogen-bond acceptors (Lipinski definition) is 6. The zero-order valence-corrected chi connectivity index (χ0v) is 16.9. The summed E-state index contributed by atoms with van der Waals surface area (Å²) in [5, 5.41) is 15.2. The van der Waals surface area contributed by atoms with Crippen LogP contribution in [0.2, 0.25) is 0 Å². The van der Waals surface area contributed by atoms with Crippen molar-refractivity contribution < 1.29 is 19.4 Å². The first-order valence-electron chi connectivity index (χ1n) is 9.96. The number of nitrogens with one attached hydrogen (secondary N) is 1. The highest BCUT2D eigenvalue weighted by molar-refractivity contribution is 6.00. The molecule has 7 nitrogen and oxygen atoms in total. The second-order valence-electron chi connectivity index (χ2n) is 7.29. The van der Waals surface area contributed by atoms with Crippen molar-refractivity contribution in [2.24, 2.45) is 0 Å². The van der Waals surface area contributed by atoms with E-state index in [0.29, 0.717) is 31.3 Å². The van der Waals surface area contributed by atoms with E-state index in [1.54, 1.807) is 13.3 Å². The van der Waals surface area contributed by atoms with Crippen molar-refractivity contribution >= 4 is 16.7 Å². The number of benzene rings is 2. The Bertz CT molecular complexity index is 1040. The zero-order chi connectivity index (χ0) is 20.9. The first-order valence-corrected chi connectivity index (χ1v) is 9.96. The highest BCUT2D eigenvalue weighted by Crippen LogP contribution is 2.35. The van der Waals surface area contributed by atoms with E-state index in [1.165, 1.54) is 0 Å². The van der Waals surface area contributed by atoms with Gasteiger partial charge in [0.2, 0.25) is 11.8 Å². The van der Waals surface area contributed by atoms with Crippen molar-refractivity contribution in [3.8, 4) is 22.8 Å². The average molecular weight is 407 g/mol. The van der Waals surface area contributed by atoms with Crippen LogP contribution in [0, 0.1) is 0 Å². The van der Waals surface area contributed by atoms with Crippen molar-refractivity contribution in [3.05, 3.63) is 54.7 Å². The molecule has 2 N–H and O–H groups in total. The normalized spacial score (nSPS) is 15.6. The Kier molecular flexibility index (Phi) is 6.11. The van der Waals surface area contributed by atoms with Crippen LogP contribution in [0.25, 0.3) is 21.9 Å². The van der Waals surface area contributed by atoms with Crippen molar-refractivity contribution in [2.75, 3.05) is 39.9 Å². The van der Waals surface area contributed by atoms with E-state index >= 15 is 0 Å². The molecule has 0 aliphatic carbocycles. The third kappa shape index (κ3) is 4.53. The van der Waals surface area contributed by atoms with Crippen LogP contribution in [0.15, 0.2) is 54.7 Å². The van der Waals surface area contributed by atoms with Crippen molar-refractivity contribution in [1.29, 1.82) is 0 Å². The van der Waals surface area contributed by atoms with Gasteiger partial charge in [-0.15, -0.1) is 0 Å². The number of methoxy groups -OCH3 is 1. The third-order valence-electron chi connectivity index (χ3n) is 5.16. The van der Waals surface area contributed by atoms with Crippen LogP contribution in [0.4, 0.5) is 0 Å². The van der Waals surface area contributed by atoms with Gasteiger partial charge in [0, 0.05) is 37.3 Å². The fraction of sp³-hybridized carbons (Fsp3) is 0.304. The first kappa shape index (κ1) is 20.1. The van der Waals surface area contributed by atoms with Crippen LogP contribution in [0.3, 0.4) is 0 Å². The van der Waals surface area contributed by atoms with Gasteiger partial charge in [-0.1, -0.05) is 30.3 Å². The predicted molar refractivity (Wildman–Crippen MR) is 115 cm³/mol. The Morgan fingerprint density at radius 3 is 2.83 bits per heavy atom. The minimum atomic E-state index is -0.682. The molecule has 1 atom stereocenters. The van der Waals surface area contributed by atoms with E-state index in [1.807, 2.05) is 53.4 Å². The summed E-state index contributed by atoms with van der Waals surface area (Å²) < 4.78 is 11.2. The van der Waals surface area contributed by atoms with Gasteiger partial charge in [0.25, 0.3) is 0 Å². The average Bonchev–Trinajstić information content (AvgIpc) is 2.77. The highest BCUT2D eigenvalue weighted by Gasteiger charge is 2.19. The van der Waals surface area contributed by atoms with E-state index in [0.717, 1.165) is 28.4 Å². The zero-order valence-electron chi connectivity index (χ0n) is 16.9. The molecule has 1 aliphatic heterocycles. The molecule has 0 bridgehead atoms. The largest absolute Gasteiger partial charge is 0.490 e. The van der Waals surface area contributed by atoms with E-state index in [2.05, 4.69) is 10.3 Å². The van der Waals surface area contributed by atoms with Crippen LogP contribution >= 0.6 is 0 Å². The second kappa shape index (κ2) is 9.11. The number of β-amino-alcohol motifs (C(OH)–C–C–N with tert-alkyl or cyclic N) is 1. The van der Waals surface area contributed by atoms with Gasteiger partial charge >= 0.3 is 0 Å². The molecule has 2 aromatic carbocycles. The first-order chi connectivity index (χ1) is 14.6. The molecule has 7 heteroatoms. The summed E-state index contributed by atoms with van der Waals surface area (Å²) in [6, 6.07) is 15.8. The Morgan fingerprint density at radius 1 is 1.20 bits per heavy atom. The molecule has 156 valence electrons. The number of carbonyl (C=O) groups is 1. The summed E-state index contributed by atoms with van der Waals surface area (Å²) in [5.74, 6) is 1.26. The van der Waals surface area contributed by atoms with Crippen LogP contribution in [0.1, 0.15) is 0 Å². The number of pyridine rings is 1. The van der Waals surface area contributed by atoms with Gasteiger partial charge < -0.3 is 19.9 Å². The number of piperazine rings is 1. The van der Waals surface area contributed by atoms with Gasteiger partial charge in [0.15, 0.2) is 0 Å². The number of aromatic nitrogens is 1. The third-order valence-corrected chi connectivity index (χ3v) is 5.16. The maximum Gasteiger partial charge on any atom is 0.234 e. The van der Waals surface area contributed by atoms with Crippen LogP contribution < -0.4 is 14.8 Å². The lowest BCUT2D eigenvalue weighted by Gasteiger charge is -2.28. The number of aliphatic hydroxyl groups is 1. The van der Waals surface area contributed by atoms with Crippen molar-refractivity contribution in [1.82, 2.24) is 15.2 Å². The standard InChI is InChI=1S/C23H25N3O4/c1-29-23-12-16(8-9-25-23)18-6-7-21(20-5-3-2-4-19(18)20)30-15-17(27)13-26-11-10-24-22(28)14-26/h2-9,12,17,27H,10-11,13-15H2,1H3,(H,24,28). The van der Waals surface area contributed by atoms with E-state index in [-0.39, 0.29) is 12.5 Å². The molecule has 1 fully saturated rings. The summed E-state index contributed by atoms with van der Waals surface area (Å²) in [5.41, 5.74) is 2.06. The molecule has 1 saturated heterocycles. The lowest BCUT2D eigenvalue weighted by Crippen LogP contribution is -2.50. The molecule has 0 spiro atoms. The fourth-order valence-corrected chi connectivity index (χ4v) is 3.72. The number of rotatable bonds is 7. The van der Waals surface area contributed by atoms with Crippen LogP contribution in [0.5, 0.6) is 11.6 Å². The molecular weight excluding hydrogens is 382 g/mol. The van der Waals surface area contributed by atoms with E-state index in [4.69, 9.17) is 9.47 Å². The summed E-state index contributed by atoms with van der Waals surface area (Å²) >= 11 is 0. The quantitative estimate of drug-likeness (QED) is 0.624. The maximum absolute atomic E-state index is 11.5. The predicted octanol–water partition coefficient (Wildman–Crippen LogP) is 2.08. The number of amides is 1. The van der Waals surface area contributed by atoms with Crippen LogP contribution in [-0.2, 0) is 4.79 Å². The number of fused-ring (bicyclic) bond motifs is 1. The summed E-state index contributed by atoms with van der Waals surface area (Å²) in [6.45, 7) is 2.21. The Labute approximate surface area is 175 Å². The number of aliphatic hydroxyl groups excluding tert-OH is 1. The molecule has 30 heavy (non-hydrogen) atoms. The minimum absolute atomic E-state index is 0.0105. The highest BCUT2D eigenvalue weighted by atomic mass is 16.5. The second-order valence-corrected chi connectivity index (χ2v) is 7.29. The minimum Gasteiger partial charge on any atom is -0.490 e. The summed E-state index contributed by atoms with van der Waals surface area (Å²) in [4.78, 5) is 17.6. The molecule has 1 unspecified atom stereocenters. The number of nitrogens with zero attached hydrogens (tertiary/aromatic N) is 2. The molecule has 1 amide bonds. The Balaban J connectivity index is 1.52. The summed E-state index contributed by atoms with van der Waals surface area (Å²) in [7, 11) is 1.60. The summed E-state index contributed by atoms with van der Waals surface area (Å²) in [6.07, 6.45) is 1.05. The number of carbonyl (C=O) groups excluding carboxylic acids is 1. The lowest BCUT2D eigenvalue weighted by atomic mass is 9.98. The number of ether oxygens (including phenoxy) is 2. The van der Waals surface area contributed by atoms with Gasteiger partial charge in [-0.3, -0.25) is 9.69 Å². The Morgan fingerprint density at radius 2 is 2.03 bits per heavy atom. The van der Waals surface area contributed by atoms with Crippen LogP contribution in [-0.4, -0.2) is 66.9 Å². The van der Waals surface area contributed by atoms with Gasteiger partial charge in [-0.05, 0) is 28.6 Å². The number of hydrogen-bond donors (Lipinski definition) is 2. The van der Waals surface area contributed by atoms with Crippen molar-refractivity contribution in [3.63, 3.8) is 0 Å². The maximum atomic E-state index is 11.5. The van der Waals surface area contributed by atoms with Gasteiger partial charge in [0.1, 0.15) is 18.5 Å². The SMILES string of the molecule is COc1cc(-c2ccc(OCC(O)CN3CCNC(=O)C3)c3ccccc23)ccn1. The van der Waals surface area contributed by atoms with Gasteiger partial charge in [-0.2, -0.15) is 0 Å². The smallest absolute Gasteiger partial charge is 0.234 e. The van der Waals surface area contributed by atoms with Gasteiger partial charge in [0.05, 0.1) is 13.7 Å². The van der Waals surface area contributed by atoms with E-state index < -0.39 is 6.10 Å². The molecule has 4 rings (SSSR count). The lowest BCUT2D eigenvalue weighted by molar-refractivity contribution is -0.124. The molecule has 1 aliphatic rings. The molecule has 0 radical (unpaired) electrons. The monoisotopic (exact) mass is 407 g/mol. The van der Waals surface area contributed by atoms with E-state index in [9.17, 15) is 9.90 Å². The molecule has 0 saturated carbocycles. The molecule has 3 aromatic rings. The van der Waals surface area contributed by atoms with Crippen molar-refractivity contribution in [2.45, 2.75) is 6.10 Å². The molecule has 2 heterocycles.